The van der Waals surface area contributed by atoms with E-state index >= 15 is 0 Å². The van der Waals surface area contributed by atoms with Crippen LogP contribution in [-0.2, 0) is 6.42 Å². The van der Waals surface area contributed by atoms with Crippen LogP contribution in [0.1, 0.15) is 34.7 Å². The summed E-state index contributed by atoms with van der Waals surface area (Å²) in [4.78, 5) is 19.6. The van der Waals surface area contributed by atoms with Gasteiger partial charge < -0.3 is 9.84 Å². The third kappa shape index (κ3) is 3.86. The zero-order valence-corrected chi connectivity index (χ0v) is 23.7. The number of ether oxygens (including phenoxy) is 1. The molecule has 2 heterocycles. The molecule has 5 nitrogen and oxygen atoms in total. The normalized spacial score (nSPS) is 16.8. The number of aromatic nitrogens is 1. The Bertz CT molecular complexity index is 1760. The zero-order valence-electron chi connectivity index (χ0n) is 19.2. The van der Waals surface area contributed by atoms with Crippen molar-refractivity contribution in [2.24, 2.45) is 4.99 Å². The van der Waals surface area contributed by atoms with Gasteiger partial charge in [0, 0.05) is 21.2 Å². The van der Waals surface area contributed by atoms with Crippen LogP contribution in [0.15, 0.2) is 80.5 Å². The molecule has 36 heavy (non-hydrogen) atoms. The van der Waals surface area contributed by atoms with Gasteiger partial charge in [0.05, 0.1) is 27.0 Å². The number of nitrogens with zero attached hydrogens (tertiary/aromatic N) is 2. The van der Waals surface area contributed by atoms with Gasteiger partial charge in [-0.1, -0.05) is 69.7 Å². The molecular formula is C28H20BrIN2O3S. The van der Waals surface area contributed by atoms with Gasteiger partial charge in [0.15, 0.2) is 4.80 Å². The second kappa shape index (κ2) is 9.32. The number of hydrogen-bond donors (Lipinski definition) is 1. The number of fused-ring (bicyclic) bond motifs is 3. The Morgan fingerprint density at radius 2 is 1.94 bits per heavy atom. The fraction of sp³-hybridized carbons (Fsp3) is 0.143. The number of para-hydroxylation sites is 1. The number of methoxy groups -OCH3 is 1. The van der Waals surface area contributed by atoms with Crippen molar-refractivity contribution in [3.05, 3.63) is 116 Å². The summed E-state index contributed by atoms with van der Waals surface area (Å²) in [5.41, 5.74) is 5.85. The highest BCUT2D eigenvalue weighted by atomic mass is 127. The van der Waals surface area contributed by atoms with Crippen LogP contribution in [0.3, 0.4) is 0 Å². The first kappa shape index (κ1) is 23.7. The molecule has 6 rings (SSSR count). The fourth-order valence-corrected chi connectivity index (χ4v) is 7.57. The van der Waals surface area contributed by atoms with Crippen LogP contribution in [0.5, 0.6) is 11.5 Å². The molecule has 4 aromatic rings. The summed E-state index contributed by atoms with van der Waals surface area (Å²) >= 11 is 6.92. The minimum atomic E-state index is -0.320. The van der Waals surface area contributed by atoms with Gasteiger partial charge in [0.2, 0.25) is 0 Å². The van der Waals surface area contributed by atoms with Gasteiger partial charge in [-0.2, -0.15) is 0 Å². The van der Waals surface area contributed by atoms with E-state index in [1.165, 1.54) is 16.9 Å². The molecule has 1 aromatic heterocycles. The highest BCUT2D eigenvalue weighted by Crippen LogP contribution is 2.43. The average Bonchev–Trinajstić information content (AvgIpc) is 3.20. The molecule has 3 aromatic carbocycles. The third-order valence-electron chi connectivity index (χ3n) is 6.65. The first-order valence-electron chi connectivity index (χ1n) is 11.4. The van der Waals surface area contributed by atoms with E-state index in [-0.39, 0.29) is 17.4 Å². The number of aromatic hydroxyl groups is 1. The van der Waals surface area contributed by atoms with E-state index < -0.39 is 0 Å². The van der Waals surface area contributed by atoms with Crippen LogP contribution < -0.4 is 19.6 Å². The van der Waals surface area contributed by atoms with Gasteiger partial charge in [-0.15, -0.1) is 0 Å². The highest BCUT2D eigenvalue weighted by Gasteiger charge is 2.34. The van der Waals surface area contributed by atoms with Crippen molar-refractivity contribution < 1.29 is 9.84 Å². The molecule has 1 N–H and O–H groups in total. The molecule has 0 radical (unpaired) electrons. The number of halogens is 2. The largest absolute Gasteiger partial charge is 0.506 e. The van der Waals surface area contributed by atoms with E-state index in [1.54, 1.807) is 17.8 Å². The number of phenols is 1. The number of thiazole rings is 1. The van der Waals surface area contributed by atoms with Gasteiger partial charge in [0.25, 0.3) is 5.56 Å². The number of phenolic OH excluding ortho intramolecular Hbond substituents is 1. The summed E-state index contributed by atoms with van der Waals surface area (Å²) in [7, 11) is 1.66. The molecule has 8 heteroatoms. The molecule has 0 saturated heterocycles. The van der Waals surface area contributed by atoms with E-state index in [0.717, 1.165) is 45.5 Å². The summed E-state index contributed by atoms with van der Waals surface area (Å²) in [5.74, 6) is 0.892. The van der Waals surface area contributed by atoms with Crippen molar-refractivity contribution in [3.8, 4) is 11.5 Å². The Morgan fingerprint density at radius 1 is 1.17 bits per heavy atom. The lowest BCUT2D eigenvalue weighted by molar-refractivity contribution is 0.402. The maximum atomic E-state index is 13.9. The predicted molar refractivity (Wildman–Crippen MR) is 154 cm³/mol. The highest BCUT2D eigenvalue weighted by molar-refractivity contribution is 14.1. The minimum Gasteiger partial charge on any atom is -0.506 e. The molecule has 1 aliphatic carbocycles. The predicted octanol–water partition coefficient (Wildman–Crippen LogP) is 5.40. The summed E-state index contributed by atoms with van der Waals surface area (Å²) in [6, 6.07) is 19.6. The Morgan fingerprint density at radius 3 is 2.78 bits per heavy atom. The van der Waals surface area contributed by atoms with Crippen LogP contribution in [0, 0.1) is 3.57 Å². The van der Waals surface area contributed by atoms with Crippen molar-refractivity contribution in [1.29, 1.82) is 0 Å². The maximum absolute atomic E-state index is 13.9. The van der Waals surface area contributed by atoms with Gasteiger partial charge in [-0.05, 0) is 70.8 Å². The van der Waals surface area contributed by atoms with E-state index in [9.17, 15) is 9.90 Å². The Labute approximate surface area is 233 Å². The van der Waals surface area contributed by atoms with Gasteiger partial charge >= 0.3 is 0 Å². The minimum absolute atomic E-state index is 0.130. The summed E-state index contributed by atoms with van der Waals surface area (Å²) in [5, 5.41) is 10.6. The lowest BCUT2D eigenvalue weighted by Crippen LogP contribution is -2.39. The molecule has 1 aliphatic heterocycles. The molecular weight excluding hydrogens is 651 g/mol. The maximum Gasteiger partial charge on any atom is 0.271 e. The molecule has 0 amide bonds. The van der Waals surface area contributed by atoms with Crippen molar-refractivity contribution in [2.75, 3.05) is 7.11 Å². The van der Waals surface area contributed by atoms with Crippen molar-refractivity contribution in [1.82, 2.24) is 4.57 Å². The monoisotopic (exact) mass is 670 g/mol. The van der Waals surface area contributed by atoms with Gasteiger partial charge in [-0.3, -0.25) is 9.36 Å². The Kier molecular flexibility index (Phi) is 6.13. The van der Waals surface area contributed by atoms with Crippen molar-refractivity contribution in [3.63, 3.8) is 0 Å². The van der Waals surface area contributed by atoms with E-state index in [2.05, 4.69) is 56.7 Å². The van der Waals surface area contributed by atoms with Gasteiger partial charge in [0.1, 0.15) is 11.5 Å². The standard InChI is InChI=1S/C28H20BrIN2O3S/c1-35-22-9-5-4-8-19(22)25-20-11-10-15-6-2-3-7-18(15)24(20)31-28-32(25)27(34)23(36-28)13-16-12-17(29)14-21(30)26(16)33/h2-9,12-14,25,33H,10-11H2,1H3/b23-13-/t25-/m0/s1. The molecule has 0 bridgehead atoms. The molecule has 0 fully saturated rings. The summed E-state index contributed by atoms with van der Waals surface area (Å²) < 4.78 is 9.59. The third-order valence-corrected chi connectivity index (χ3v) is 8.91. The lowest BCUT2D eigenvalue weighted by Gasteiger charge is -2.31. The second-order valence-corrected chi connectivity index (χ2v) is 11.8. The number of rotatable bonds is 3. The summed E-state index contributed by atoms with van der Waals surface area (Å²) in [6.45, 7) is 0. The second-order valence-electron chi connectivity index (χ2n) is 8.68. The van der Waals surface area contributed by atoms with Gasteiger partial charge in [-0.25, -0.2) is 4.99 Å². The average molecular weight is 671 g/mol. The van der Waals surface area contributed by atoms with Crippen LogP contribution in [0.2, 0.25) is 0 Å². The Hall–Kier alpha value is -2.69. The lowest BCUT2D eigenvalue weighted by atomic mass is 9.83. The SMILES string of the molecule is COc1ccccc1[C@H]1C2=C(N=c3s/c(=C\c4cc(Br)cc(I)c4O)c(=O)n31)c1ccccc1CC2. The Balaban J connectivity index is 1.66. The smallest absolute Gasteiger partial charge is 0.271 e. The van der Waals surface area contributed by atoms with Crippen LogP contribution >= 0.6 is 49.9 Å². The van der Waals surface area contributed by atoms with Crippen molar-refractivity contribution in [2.45, 2.75) is 18.9 Å². The van der Waals surface area contributed by atoms with Crippen LogP contribution in [0.4, 0.5) is 0 Å². The zero-order chi connectivity index (χ0) is 25.0. The number of hydrogen-bond acceptors (Lipinski definition) is 5. The molecule has 0 spiro atoms. The number of allylic oxidation sites excluding steroid dienone is 1. The quantitative estimate of drug-likeness (QED) is 0.297. The van der Waals surface area contributed by atoms with E-state index in [1.807, 2.05) is 42.5 Å². The molecule has 0 unspecified atom stereocenters. The fourth-order valence-electron chi connectivity index (χ4n) is 5.03. The van der Waals surface area contributed by atoms with E-state index in [0.29, 0.717) is 18.5 Å². The van der Waals surface area contributed by atoms with Crippen LogP contribution in [-0.4, -0.2) is 16.8 Å². The number of benzene rings is 3. The molecule has 180 valence electrons. The number of aryl methyl sites for hydroxylation is 1. The first-order valence-corrected chi connectivity index (χ1v) is 14.1. The van der Waals surface area contributed by atoms with Crippen molar-refractivity contribution >= 4 is 61.6 Å². The molecule has 2 aliphatic rings. The van der Waals surface area contributed by atoms with E-state index in [4.69, 9.17) is 9.73 Å². The first-order chi connectivity index (χ1) is 17.5. The van der Waals surface area contributed by atoms with Crippen LogP contribution in [0.25, 0.3) is 11.8 Å². The molecule has 1 atom stereocenters. The summed E-state index contributed by atoms with van der Waals surface area (Å²) in [6.07, 6.45) is 3.46. The molecule has 0 saturated carbocycles. The topological polar surface area (TPSA) is 63.8 Å².